The fraction of sp³-hybridized carbons (Fsp3) is 0.385. The van der Waals surface area contributed by atoms with Crippen LogP contribution in [-0.4, -0.2) is 67.3 Å². The quantitative estimate of drug-likeness (QED) is 0.431. The highest BCUT2D eigenvalue weighted by atomic mass is 19.1. The van der Waals surface area contributed by atoms with Crippen LogP contribution in [0, 0.1) is 17.6 Å². The lowest BCUT2D eigenvalue weighted by Crippen LogP contribution is -2.38. The zero-order chi connectivity index (χ0) is 26.1. The van der Waals surface area contributed by atoms with E-state index in [1.807, 2.05) is 4.90 Å². The molecule has 2 aliphatic rings. The van der Waals surface area contributed by atoms with Gasteiger partial charge in [-0.2, -0.15) is 0 Å². The van der Waals surface area contributed by atoms with Gasteiger partial charge >= 0.3 is 0 Å². The molecule has 3 aromatic rings. The number of ether oxygens (including phenoxy) is 3. The molecule has 194 valence electrons. The molecule has 9 nitrogen and oxygen atoms in total. The highest BCUT2D eigenvalue weighted by Crippen LogP contribution is 2.39. The third kappa shape index (κ3) is 4.66. The largest absolute Gasteiger partial charge is 0.494 e. The van der Waals surface area contributed by atoms with Crippen molar-refractivity contribution in [1.82, 2.24) is 15.0 Å². The average Bonchev–Trinajstić information content (AvgIpc) is 3.29. The number of carbonyl (C=O) groups excluding carboxylic acids is 1. The number of hydrogen-bond acceptors (Lipinski definition) is 9. The molecular formula is C26H27F2N5O4. The summed E-state index contributed by atoms with van der Waals surface area (Å²) in [4.78, 5) is 27.6. The summed E-state index contributed by atoms with van der Waals surface area (Å²) in [5.74, 6) is -1.27. The van der Waals surface area contributed by atoms with Gasteiger partial charge in [0.25, 0.3) is 0 Å². The number of fused-ring (bicyclic) bond motifs is 1. The lowest BCUT2D eigenvalue weighted by atomic mass is 9.97. The number of ketones is 1. The summed E-state index contributed by atoms with van der Waals surface area (Å²) in [7, 11) is 2.60. The zero-order valence-corrected chi connectivity index (χ0v) is 20.6. The van der Waals surface area contributed by atoms with Crippen LogP contribution in [-0.2, 0) is 9.53 Å². The first-order chi connectivity index (χ1) is 17.9. The molecular weight excluding hydrogens is 484 g/mol. The number of rotatable bonds is 9. The maximum Gasteiger partial charge on any atom is 0.223 e. The van der Waals surface area contributed by atoms with Crippen molar-refractivity contribution in [1.29, 1.82) is 0 Å². The summed E-state index contributed by atoms with van der Waals surface area (Å²) in [6.07, 6.45) is 4.19. The molecule has 2 saturated heterocycles. The number of nitrogens with zero attached hydrogens (tertiary/aromatic N) is 4. The van der Waals surface area contributed by atoms with Gasteiger partial charge in [-0.25, -0.2) is 23.7 Å². The van der Waals surface area contributed by atoms with E-state index in [0.29, 0.717) is 42.3 Å². The summed E-state index contributed by atoms with van der Waals surface area (Å²) in [5, 5.41) is 3.84. The normalized spacial score (nSPS) is 19.0. The van der Waals surface area contributed by atoms with Gasteiger partial charge in [-0.1, -0.05) is 6.58 Å². The molecule has 11 heteroatoms. The van der Waals surface area contributed by atoms with Crippen LogP contribution in [0.5, 0.6) is 11.5 Å². The molecule has 0 unspecified atom stereocenters. The van der Waals surface area contributed by atoms with Crippen LogP contribution in [0.1, 0.15) is 12.8 Å². The molecule has 0 bridgehead atoms. The number of allylic oxidation sites excluding steroid dienone is 1. The molecule has 2 fully saturated rings. The fourth-order valence-corrected chi connectivity index (χ4v) is 4.55. The van der Waals surface area contributed by atoms with Crippen molar-refractivity contribution in [3.05, 3.63) is 42.6 Å². The number of aromatic nitrogens is 3. The first kappa shape index (κ1) is 24.8. The smallest absolute Gasteiger partial charge is 0.223 e. The number of nitrogens with one attached hydrogen (secondary N) is 1. The second kappa shape index (κ2) is 10.3. The second-order valence-corrected chi connectivity index (χ2v) is 9.01. The third-order valence-electron chi connectivity index (χ3n) is 6.74. The highest BCUT2D eigenvalue weighted by molar-refractivity contribution is 5.92. The summed E-state index contributed by atoms with van der Waals surface area (Å²) in [6.45, 7) is 5.90. The van der Waals surface area contributed by atoms with E-state index in [-0.39, 0.29) is 40.5 Å². The van der Waals surface area contributed by atoms with Crippen molar-refractivity contribution in [2.45, 2.75) is 18.9 Å². The van der Waals surface area contributed by atoms with Gasteiger partial charge in [-0.3, -0.25) is 4.79 Å². The Labute approximate surface area is 212 Å². The van der Waals surface area contributed by atoms with Crippen LogP contribution in [0.3, 0.4) is 0 Å². The maximum absolute atomic E-state index is 15.3. The van der Waals surface area contributed by atoms with Crippen molar-refractivity contribution in [2.75, 3.05) is 50.7 Å². The molecule has 5 rings (SSSR count). The summed E-state index contributed by atoms with van der Waals surface area (Å²) in [5.41, 5.74) is 0.285. The highest BCUT2D eigenvalue weighted by Gasteiger charge is 2.31. The Hall–Kier alpha value is -3.86. The van der Waals surface area contributed by atoms with E-state index in [9.17, 15) is 4.79 Å². The second-order valence-electron chi connectivity index (χ2n) is 9.01. The van der Waals surface area contributed by atoms with E-state index in [1.54, 1.807) is 12.3 Å². The predicted octanol–water partition coefficient (Wildman–Crippen LogP) is 3.77. The standard InChI is InChI=1S/C26H27F2N5O4/c1-4-16(34)8-15-12-37-13-18(15)31-26-29-11-14-9-17(30-25(24(14)32-26)33-6-5-7-33)21-22(27)19(35-2)10-20(36-3)23(21)28/h4,9-11,15,18H,1,5-8,12-13H2,2-3H3,(H,29,31,32)/t15-,18+/m0/s1. The molecule has 0 amide bonds. The summed E-state index contributed by atoms with van der Waals surface area (Å²) < 4.78 is 46.3. The van der Waals surface area contributed by atoms with Crippen molar-refractivity contribution in [3.8, 4) is 22.8 Å². The molecule has 1 aromatic carbocycles. The van der Waals surface area contributed by atoms with E-state index in [0.717, 1.165) is 25.6 Å². The van der Waals surface area contributed by atoms with Gasteiger partial charge in [-0.15, -0.1) is 0 Å². The lowest BCUT2D eigenvalue weighted by Gasteiger charge is -2.33. The molecule has 0 saturated carbocycles. The molecule has 1 N–H and O–H groups in total. The topological polar surface area (TPSA) is 98.7 Å². The molecule has 2 aliphatic heterocycles. The monoisotopic (exact) mass is 511 g/mol. The number of hydrogen-bond donors (Lipinski definition) is 1. The van der Waals surface area contributed by atoms with E-state index in [4.69, 9.17) is 19.2 Å². The number of methoxy groups -OCH3 is 2. The van der Waals surface area contributed by atoms with Crippen LogP contribution >= 0.6 is 0 Å². The van der Waals surface area contributed by atoms with E-state index in [1.165, 1.54) is 20.3 Å². The number of halogens is 2. The van der Waals surface area contributed by atoms with Gasteiger partial charge < -0.3 is 24.4 Å². The van der Waals surface area contributed by atoms with Crippen LogP contribution in [0.4, 0.5) is 20.5 Å². The zero-order valence-electron chi connectivity index (χ0n) is 20.6. The van der Waals surface area contributed by atoms with E-state index in [2.05, 4.69) is 21.9 Å². The van der Waals surface area contributed by atoms with E-state index >= 15 is 8.78 Å². The third-order valence-corrected chi connectivity index (χ3v) is 6.74. The first-order valence-electron chi connectivity index (χ1n) is 12.0. The number of benzene rings is 1. The van der Waals surface area contributed by atoms with Gasteiger partial charge in [0.1, 0.15) is 5.52 Å². The summed E-state index contributed by atoms with van der Waals surface area (Å²) >= 11 is 0. The van der Waals surface area contributed by atoms with Gasteiger partial charge in [-0.05, 0) is 18.6 Å². The molecule has 2 atom stereocenters. The van der Waals surface area contributed by atoms with Crippen LogP contribution in [0.15, 0.2) is 31.0 Å². The Kier molecular flexibility index (Phi) is 6.88. The molecule has 0 aliphatic carbocycles. The number of carbonyl (C=O) groups is 1. The van der Waals surface area contributed by atoms with Crippen LogP contribution in [0.25, 0.3) is 22.2 Å². The Balaban J connectivity index is 1.56. The molecule has 0 radical (unpaired) electrons. The maximum atomic E-state index is 15.3. The van der Waals surface area contributed by atoms with Gasteiger partial charge in [0, 0.05) is 43.1 Å². The Morgan fingerprint density at radius 2 is 1.92 bits per heavy atom. The number of pyridine rings is 1. The Bertz CT molecular complexity index is 1340. The van der Waals surface area contributed by atoms with Crippen molar-refractivity contribution in [3.63, 3.8) is 0 Å². The molecule has 2 aromatic heterocycles. The predicted molar refractivity (Wildman–Crippen MR) is 134 cm³/mol. The Morgan fingerprint density at radius 1 is 1.19 bits per heavy atom. The SMILES string of the molecule is C=CC(=O)C[C@H]1COC[C@H]1Nc1ncc2cc(-c3c(F)c(OC)cc(OC)c3F)nc(N3CCC3)c2n1. The molecule has 4 heterocycles. The van der Waals surface area contributed by atoms with Crippen LogP contribution in [0.2, 0.25) is 0 Å². The minimum atomic E-state index is -0.872. The first-order valence-corrected chi connectivity index (χ1v) is 12.0. The fourth-order valence-electron chi connectivity index (χ4n) is 4.55. The lowest BCUT2D eigenvalue weighted by molar-refractivity contribution is -0.115. The van der Waals surface area contributed by atoms with Crippen molar-refractivity contribution in [2.24, 2.45) is 5.92 Å². The van der Waals surface area contributed by atoms with Crippen LogP contribution < -0.4 is 19.7 Å². The van der Waals surface area contributed by atoms with Gasteiger partial charge in [0.2, 0.25) is 5.95 Å². The molecule has 37 heavy (non-hydrogen) atoms. The minimum absolute atomic E-state index is 0.0332. The number of anilines is 2. The average molecular weight is 512 g/mol. The van der Waals surface area contributed by atoms with Crippen molar-refractivity contribution >= 4 is 28.5 Å². The molecule has 0 spiro atoms. The van der Waals surface area contributed by atoms with Gasteiger partial charge in [0.05, 0.1) is 44.7 Å². The minimum Gasteiger partial charge on any atom is -0.494 e. The van der Waals surface area contributed by atoms with Crippen molar-refractivity contribution < 1.29 is 27.8 Å². The summed E-state index contributed by atoms with van der Waals surface area (Å²) in [6, 6.07) is 2.57. The van der Waals surface area contributed by atoms with Gasteiger partial charge in [0.15, 0.2) is 34.7 Å². The Morgan fingerprint density at radius 3 is 2.54 bits per heavy atom. The van der Waals surface area contributed by atoms with E-state index < -0.39 is 11.6 Å².